The highest BCUT2D eigenvalue weighted by Crippen LogP contribution is 2.47. The Hall–Kier alpha value is -3.08. The van der Waals surface area contributed by atoms with Gasteiger partial charge in [0.2, 0.25) is 15.7 Å². The van der Waals surface area contributed by atoms with E-state index in [4.69, 9.17) is 26.8 Å². The monoisotopic (exact) mass is 506 g/mol. The summed E-state index contributed by atoms with van der Waals surface area (Å²) in [6, 6.07) is 11.0. The zero-order valence-electron chi connectivity index (χ0n) is 17.3. The maximum Gasteiger partial charge on any atom is 0.255 e. The molecule has 0 saturated carbocycles. The number of nitrogens with two attached hydrogens (primary N) is 1. The van der Waals surface area contributed by atoms with Crippen molar-refractivity contribution >= 4 is 50.3 Å². The molecule has 2 heterocycles. The number of hydrogen-bond donors (Lipinski definition) is 2. The summed E-state index contributed by atoms with van der Waals surface area (Å²) in [5.74, 6) is -0.662. The Morgan fingerprint density at radius 2 is 1.94 bits per heavy atom. The molecule has 1 aromatic heterocycles. The number of benzene rings is 2. The highest BCUT2D eigenvalue weighted by molar-refractivity contribution is 7.91. The second-order valence-corrected chi connectivity index (χ2v) is 10.5. The minimum Gasteiger partial charge on any atom is -0.493 e. The molecule has 8 nitrogen and oxygen atoms in total. The summed E-state index contributed by atoms with van der Waals surface area (Å²) in [5.41, 5.74) is 6.16. The fourth-order valence-corrected chi connectivity index (χ4v) is 6.62. The van der Waals surface area contributed by atoms with Gasteiger partial charge in [-0.05, 0) is 42.0 Å². The fourth-order valence-electron chi connectivity index (χ4n) is 3.58. The number of anilines is 1. The Bertz CT molecular complexity index is 1340. The molecule has 1 atom stereocenters. The standard InChI is InChI=1S/C22H19ClN2O6S2/c1-30-16-7-2-12(8-17(16)31-10-19(24)26)15-9-20(27)25-21-18(11-32-22(15)21)33(28,29)14-5-3-13(23)4-6-14/h2-8,11,15H,9-10H2,1H3,(H2,24,26)(H,25,27)/t15-/m1/s1. The largest absolute Gasteiger partial charge is 0.493 e. The smallest absolute Gasteiger partial charge is 0.255 e. The first-order chi connectivity index (χ1) is 15.7. The molecule has 1 aliphatic heterocycles. The van der Waals surface area contributed by atoms with Gasteiger partial charge >= 0.3 is 0 Å². The molecule has 0 bridgehead atoms. The van der Waals surface area contributed by atoms with Crippen LogP contribution in [-0.2, 0) is 19.4 Å². The number of carbonyl (C=O) groups excluding carboxylic acids is 2. The molecule has 1 aliphatic rings. The van der Waals surface area contributed by atoms with Crippen molar-refractivity contribution in [1.29, 1.82) is 0 Å². The number of fused-ring (bicyclic) bond motifs is 1. The van der Waals surface area contributed by atoms with Crippen molar-refractivity contribution in [2.45, 2.75) is 22.1 Å². The molecule has 3 N–H and O–H groups in total. The van der Waals surface area contributed by atoms with Gasteiger partial charge in [0.15, 0.2) is 18.1 Å². The molecular weight excluding hydrogens is 488 g/mol. The summed E-state index contributed by atoms with van der Waals surface area (Å²) in [6.07, 6.45) is 0.121. The Morgan fingerprint density at radius 3 is 2.61 bits per heavy atom. The van der Waals surface area contributed by atoms with Crippen LogP contribution in [0.25, 0.3) is 0 Å². The third-order valence-electron chi connectivity index (χ3n) is 5.13. The van der Waals surface area contributed by atoms with Crippen LogP contribution in [0, 0.1) is 0 Å². The van der Waals surface area contributed by atoms with Crippen LogP contribution in [0.15, 0.2) is 57.6 Å². The third kappa shape index (κ3) is 4.54. The first-order valence-electron chi connectivity index (χ1n) is 9.71. The highest BCUT2D eigenvalue weighted by Gasteiger charge is 2.34. The Morgan fingerprint density at radius 1 is 1.21 bits per heavy atom. The third-order valence-corrected chi connectivity index (χ3v) is 8.42. The average Bonchev–Trinajstić information content (AvgIpc) is 3.21. The molecule has 11 heteroatoms. The van der Waals surface area contributed by atoms with E-state index in [2.05, 4.69) is 5.32 Å². The maximum atomic E-state index is 13.2. The first kappa shape index (κ1) is 23.1. The normalized spacial score (nSPS) is 15.5. The number of thiophene rings is 1. The zero-order valence-corrected chi connectivity index (χ0v) is 19.7. The van der Waals surface area contributed by atoms with Crippen molar-refractivity contribution in [1.82, 2.24) is 0 Å². The predicted octanol–water partition coefficient (Wildman–Crippen LogP) is 3.58. The number of methoxy groups -OCH3 is 1. The number of primary amides is 1. The van der Waals surface area contributed by atoms with Gasteiger partial charge in [-0.2, -0.15) is 0 Å². The number of sulfone groups is 1. The second-order valence-electron chi connectivity index (χ2n) is 7.27. The summed E-state index contributed by atoms with van der Waals surface area (Å²) in [6.45, 7) is -0.335. The number of hydrogen-bond acceptors (Lipinski definition) is 7. The van der Waals surface area contributed by atoms with E-state index in [1.165, 1.54) is 48.1 Å². The van der Waals surface area contributed by atoms with Crippen molar-refractivity contribution in [3.05, 3.63) is 63.3 Å². The number of carbonyl (C=O) groups is 2. The predicted molar refractivity (Wildman–Crippen MR) is 124 cm³/mol. The van der Waals surface area contributed by atoms with Gasteiger partial charge in [0.05, 0.1) is 17.7 Å². The Labute approximate surface area is 199 Å². The summed E-state index contributed by atoms with van der Waals surface area (Å²) >= 11 is 7.14. The van der Waals surface area contributed by atoms with Crippen molar-refractivity contribution in [2.24, 2.45) is 5.73 Å². The van der Waals surface area contributed by atoms with Crippen molar-refractivity contribution in [3.63, 3.8) is 0 Å². The number of nitrogens with one attached hydrogen (secondary N) is 1. The van der Waals surface area contributed by atoms with E-state index >= 15 is 0 Å². The van der Waals surface area contributed by atoms with Crippen LogP contribution in [0.4, 0.5) is 5.69 Å². The summed E-state index contributed by atoms with van der Waals surface area (Å²) in [4.78, 5) is 24.5. The van der Waals surface area contributed by atoms with Gasteiger partial charge in [-0.15, -0.1) is 11.3 Å². The van der Waals surface area contributed by atoms with E-state index in [9.17, 15) is 18.0 Å². The number of amides is 2. The van der Waals surface area contributed by atoms with Gasteiger partial charge in [-0.25, -0.2) is 8.42 Å². The van der Waals surface area contributed by atoms with Crippen LogP contribution in [0.1, 0.15) is 22.8 Å². The molecule has 33 heavy (non-hydrogen) atoms. The number of rotatable bonds is 7. The van der Waals surface area contributed by atoms with E-state index < -0.39 is 21.7 Å². The van der Waals surface area contributed by atoms with Gasteiger partial charge in [0.25, 0.3) is 5.91 Å². The maximum absolute atomic E-state index is 13.2. The van der Waals surface area contributed by atoms with Crippen LogP contribution >= 0.6 is 22.9 Å². The lowest BCUT2D eigenvalue weighted by molar-refractivity contribution is -0.120. The lowest BCUT2D eigenvalue weighted by Gasteiger charge is -2.24. The van der Waals surface area contributed by atoms with Crippen LogP contribution < -0.4 is 20.5 Å². The van der Waals surface area contributed by atoms with Crippen molar-refractivity contribution in [2.75, 3.05) is 19.0 Å². The summed E-state index contributed by atoms with van der Waals surface area (Å²) in [5, 5.41) is 4.67. The molecule has 0 radical (unpaired) electrons. The SMILES string of the molecule is COc1ccc([C@H]2CC(=O)Nc3c(S(=O)(=O)c4ccc(Cl)cc4)csc32)cc1OCC(N)=O. The number of halogens is 1. The molecule has 172 valence electrons. The average molecular weight is 507 g/mol. The van der Waals surface area contributed by atoms with Crippen LogP contribution in [-0.4, -0.2) is 33.9 Å². The quantitative estimate of drug-likeness (QED) is 0.504. The fraction of sp³-hybridized carbons (Fsp3) is 0.182. The second kappa shape index (κ2) is 9.05. The lowest BCUT2D eigenvalue weighted by Crippen LogP contribution is -2.23. The molecule has 4 rings (SSSR count). The van der Waals surface area contributed by atoms with Gasteiger partial charge in [0.1, 0.15) is 4.90 Å². The summed E-state index contributed by atoms with van der Waals surface area (Å²) < 4.78 is 37.2. The molecule has 0 saturated heterocycles. The Kier molecular flexibility index (Phi) is 6.33. The first-order valence-corrected chi connectivity index (χ1v) is 12.5. The van der Waals surface area contributed by atoms with Crippen molar-refractivity contribution < 1.29 is 27.5 Å². The van der Waals surface area contributed by atoms with E-state index in [-0.39, 0.29) is 34.4 Å². The molecule has 0 unspecified atom stereocenters. The topological polar surface area (TPSA) is 125 Å². The summed E-state index contributed by atoms with van der Waals surface area (Å²) in [7, 11) is -2.42. The van der Waals surface area contributed by atoms with E-state index in [0.29, 0.717) is 27.0 Å². The minimum absolute atomic E-state index is 0.0292. The van der Waals surface area contributed by atoms with Crippen LogP contribution in [0.2, 0.25) is 5.02 Å². The van der Waals surface area contributed by atoms with Gasteiger partial charge in [0, 0.05) is 27.6 Å². The van der Waals surface area contributed by atoms with Crippen molar-refractivity contribution in [3.8, 4) is 11.5 Å². The number of ether oxygens (including phenoxy) is 2. The van der Waals surface area contributed by atoms with Gasteiger partial charge in [-0.1, -0.05) is 17.7 Å². The zero-order chi connectivity index (χ0) is 23.8. The molecule has 3 aromatic rings. The molecule has 2 amide bonds. The molecule has 0 fully saturated rings. The van der Waals surface area contributed by atoms with E-state index in [0.717, 1.165) is 0 Å². The molecular formula is C22H19ClN2O6S2. The highest BCUT2D eigenvalue weighted by atomic mass is 35.5. The lowest BCUT2D eigenvalue weighted by atomic mass is 9.90. The molecule has 2 aromatic carbocycles. The minimum atomic E-state index is -3.88. The Balaban J connectivity index is 1.76. The van der Waals surface area contributed by atoms with Gasteiger partial charge in [-0.3, -0.25) is 9.59 Å². The molecule has 0 aliphatic carbocycles. The van der Waals surface area contributed by atoms with Gasteiger partial charge < -0.3 is 20.5 Å². The molecule has 0 spiro atoms. The van der Waals surface area contributed by atoms with E-state index in [1.54, 1.807) is 18.2 Å². The van der Waals surface area contributed by atoms with Crippen LogP contribution in [0.3, 0.4) is 0 Å². The van der Waals surface area contributed by atoms with E-state index in [1.807, 2.05) is 0 Å². The van der Waals surface area contributed by atoms with Crippen LogP contribution in [0.5, 0.6) is 11.5 Å².